The number of rotatable bonds is 2. The molecule has 0 unspecified atom stereocenters. The lowest BCUT2D eigenvalue weighted by Gasteiger charge is -2.02. The molecular formula is C14H10N2O2S. The van der Waals surface area contributed by atoms with Crippen molar-refractivity contribution in [2.45, 2.75) is 6.92 Å². The number of aromatic nitrogens is 2. The van der Waals surface area contributed by atoms with Gasteiger partial charge in [0, 0.05) is 17.7 Å². The van der Waals surface area contributed by atoms with Gasteiger partial charge in [0.2, 0.25) is 0 Å². The number of hydrogen-bond acceptors (Lipinski definition) is 4. The zero-order chi connectivity index (χ0) is 13.4. The van der Waals surface area contributed by atoms with Gasteiger partial charge in [0.25, 0.3) is 5.69 Å². The Morgan fingerprint density at radius 2 is 2.11 bits per heavy atom. The minimum absolute atomic E-state index is 0.0667. The minimum Gasteiger partial charge on any atom is -0.618 e. The summed E-state index contributed by atoms with van der Waals surface area (Å²) in [5, 5.41) is 12.5. The summed E-state index contributed by atoms with van der Waals surface area (Å²) in [6, 6.07) is 10.8. The highest BCUT2D eigenvalue weighted by atomic mass is 32.1. The number of hydrogen-bond donors (Lipinski definition) is 0. The smallest absolute Gasteiger partial charge is 0.253 e. The van der Waals surface area contributed by atoms with Crippen molar-refractivity contribution in [3.8, 4) is 10.7 Å². The maximum atomic E-state index is 11.8. The van der Waals surface area contributed by atoms with Crippen molar-refractivity contribution in [2.24, 2.45) is 0 Å². The first kappa shape index (κ1) is 11.8. The summed E-state index contributed by atoms with van der Waals surface area (Å²) < 4.78 is 1.76. The van der Waals surface area contributed by atoms with E-state index in [0.29, 0.717) is 16.3 Å². The third-order valence-electron chi connectivity index (χ3n) is 2.84. The van der Waals surface area contributed by atoms with E-state index in [0.717, 1.165) is 14.9 Å². The molecule has 5 heteroatoms. The molecule has 0 atom stereocenters. The predicted octanol–water partition coefficient (Wildman–Crippen LogP) is 2.80. The Morgan fingerprint density at radius 3 is 2.84 bits per heavy atom. The van der Waals surface area contributed by atoms with Crippen LogP contribution in [-0.4, -0.2) is 10.8 Å². The second kappa shape index (κ2) is 4.44. The van der Waals surface area contributed by atoms with Gasteiger partial charge in [-0.05, 0) is 19.1 Å². The van der Waals surface area contributed by atoms with E-state index in [1.54, 1.807) is 6.07 Å². The number of Topliss-reactive ketones (excluding diaryl/α,β-unsaturated/α-hetero) is 1. The molecule has 2 aromatic heterocycles. The normalized spacial score (nSPS) is 10.8. The summed E-state index contributed by atoms with van der Waals surface area (Å²) in [6.45, 7) is 1.48. The molecule has 0 fully saturated rings. The number of ketones is 1. The van der Waals surface area contributed by atoms with Crippen LogP contribution in [0.3, 0.4) is 0 Å². The van der Waals surface area contributed by atoms with Gasteiger partial charge in [-0.1, -0.05) is 12.1 Å². The highest BCUT2D eigenvalue weighted by molar-refractivity contribution is 7.21. The van der Waals surface area contributed by atoms with Crippen molar-refractivity contribution < 1.29 is 9.52 Å². The van der Waals surface area contributed by atoms with Gasteiger partial charge in [0.05, 0.1) is 10.2 Å². The zero-order valence-corrected chi connectivity index (χ0v) is 11.0. The van der Waals surface area contributed by atoms with Crippen LogP contribution in [0.5, 0.6) is 0 Å². The molecular weight excluding hydrogens is 260 g/mol. The fraction of sp³-hybridized carbons (Fsp3) is 0.0714. The number of thiazole rings is 1. The van der Waals surface area contributed by atoms with Crippen LogP contribution in [0.2, 0.25) is 0 Å². The van der Waals surface area contributed by atoms with Crippen molar-refractivity contribution in [3.63, 3.8) is 0 Å². The van der Waals surface area contributed by atoms with Crippen molar-refractivity contribution in [1.82, 2.24) is 4.98 Å². The molecule has 0 radical (unpaired) electrons. The summed E-state index contributed by atoms with van der Waals surface area (Å²) in [5.74, 6) is -0.0667. The lowest BCUT2D eigenvalue weighted by molar-refractivity contribution is -0.593. The van der Waals surface area contributed by atoms with Gasteiger partial charge in [-0.2, -0.15) is 4.73 Å². The monoisotopic (exact) mass is 270 g/mol. The second-order valence-electron chi connectivity index (χ2n) is 4.17. The highest BCUT2D eigenvalue weighted by Crippen LogP contribution is 2.28. The highest BCUT2D eigenvalue weighted by Gasteiger charge is 2.16. The van der Waals surface area contributed by atoms with Crippen LogP contribution >= 0.6 is 11.3 Å². The first-order valence-corrected chi connectivity index (χ1v) is 6.57. The fourth-order valence-electron chi connectivity index (χ4n) is 1.84. The van der Waals surface area contributed by atoms with Crippen molar-refractivity contribution in [2.75, 3.05) is 0 Å². The lowest BCUT2D eigenvalue weighted by Crippen LogP contribution is -2.28. The van der Waals surface area contributed by atoms with Crippen molar-refractivity contribution >= 4 is 27.3 Å². The average Bonchev–Trinajstić information content (AvgIpc) is 2.82. The van der Waals surface area contributed by atoms with Crippen LogP contribution in [0.25, 0.3) is 20.9 Å². The van der Waals surface area contributed by atoms with Crippen LogP contribution in [0.15, 0.2) is 42.6 Å². The molecule has 0 bridgehead atoms. The van der Waals surface area contributed by atoms with Crippen LogP contribution < -0.4 is 4.73 Å². The molecule has 0 aliphatic heterocycles. The van der Waals surface area contributed by atoms with Gasteiger partial charge in [0.1, 0.15) is 0 Å². The molecule has 0 aliphatic rings. The SMILES string of the molecule is CC(=O)c1cc[n+]([O-])c(-c2nc3ccccc3s2)c1. The maximum Gasteiger partial charge on any atom is 0.253 e. The standard InChI is InChI=1S/C14H10N2O2S/c1-9(17)10-6-7-16(18)12(8-10)14-15-11-4-2-3-5-13(11)19-14/h2-8H,1H3. The van der Waals surface area contributed by atoms with Crippen LogP contribution in [-0.2, 0) is 0 Å². The van der Waals surface area contributed by atoms with Gasteiger partial charge in [-0.25, -0.2) is 4.98 Å². The van der Waals surface area contributed by atoms with Gasteiger partial charge in [-0.3, -0.25) is 4.79 Å². The molecule has 0 amide bonds. The Kier molecular flexibility index (Phi) is 2.76. The lowest BCUT2D eigenvalue weighted by atomic mass is 10.1. The van der Waals surface area contributed by atoms with Crippen molar-refractivity contribution in [1.29, 1.82) is 0 Å². The average molecular weight is 270 g/mol. The molecule has 0 aliphatic carbocycles. The molecule has 2 heterocycles. The molecule has 1 aromatic carbocycles. The Hall–Kier alpha value is -2.27. The Balaban J connectivity index is 2.20. The predicted molar refractivity (Wildman–Crippen MR) is 74.0 cm³/mol. The van der Waals surface area contributed by atoms with E-state index in [9.17, 15) is 10.0 Å². The molecule has 3 aromatic rings. The molecule has 94 valence electrons. The fourth-order valence-corrected chi connectivity index (χ4v) is 2.81. The summed E-state index contributed by atoms with van der Waals surface area (Å²) in [4.78, 5) is 15.8. The van der Waals surface area contributed by atoms with Crippen LogP contribution in [0.1, 0.15) is 17.3 Å². The Morgan fingerprint density at radius 1 is 1.32 bits per heavy atom. The number of para-hydroxylation sites is 1. The quantitative estimate of drug-likeness (QED) is 0.409. The number of nitrogens with zero attached hydrogens (tertiary/aromatic N) is 2. The van der Waals surface area contributed by atoms with Gasteiger partial charge in [-0.15, -0.1) is 11.3 Å². The van der Waals surface area contributed by atoms with Gasteiger partial charge < -0.3 is 5.21 Å². The molecule has 0 saturated carbocycles. The molecule has 4 nitrogen and oxygen atoms in total. The Bertz CT molecular complexity index is 747. The van der Waals surface area contributed by atoms with Crippen molar-refractivity contribution in [3.05, 3.63) is 53.4 Å². The van der Waals surface area contributed by atoms with E-state index in [1.165, 1.54) is 30.5 Å². The maximum absolute atomic E-state index is 11.8. The number of fused-ring (bicyclic) bond motifs is 1. The minimum atomic E-state index is -0.0667. The van der Waals surface area contributed by atoms with E-state index in [4.69, 9.17) is 0 Å². The van der Waals surface area contributed by atoms with Crippen LogP contribution in [0, 0.1) is 5.21 Å². The van der Waals surface area contributed by atoms with E-state index < -0.39 is 0 Å². The number of carbonyl (C=O) groups is 1. The molecule has 0 spiro atoms. The van der Waals surface area contributed by atoms with E-state index in [-0.39, 0.29) is 5.78 Å². The number of pyridine rings is 1. The summed E-state index contributed by atoms with van der Waals surface area (Å²) in [5.41, 5.74) is 1.78. The first-order chi connectivity index (χ1) is 9.15. The second-order valence-corrected chi connectivity index (χ2v) is 5.20. The third-order valence-corrected chi connectivity index (χ3v) is 3.90. The summed E-state index contributed by atoms with van der Waals surface area (Å²) >= 11 is 1.44. The molecule has 3 rings (SSSR count). The molecule has 19 heavy (non-hydrogen) atoms. The van der Waals surface area contributed by atoms with E-state index in [2.05, 4.69) is 4.98 Å². The summed E-state index contributed by atoms with van der Waals surface area (Å²) in [6.07, 6.45) is 1.35. The summed E-state index contributed by atoms with van der Waals surface area (Å²) in [7, 11) is 0. The Labute approximate surface area is 113 Å². The number of carbonyl (C=O) groups excluding carboxylic acids is 1. The number of benzene rings is 1. The van der Waals surface area contributed by atoms with Crippen LogP contribution in [0.4, 0.5) is 0 Å². The van der Waals surface area contributed by atoms with E-state index >= 15 is 0 Å². The van der Waals surface area contributed by atoms with Gasteiger partial charge in [0.15, 0.2) is 17.0 Å². The zero-order valence-electron chi connectivity index (χ0n) is 10.2. The topological polar surface area (TPSA) is 56.9 Å². The van der Waals surface area contributed by atoms with E-state index in [1.807, 2.05) is 24.3 Å². The molecule has 0 N–H and O–H groups in total. The first-order valence-electron chi connectivity index (χ1n) is 5.75. The largest absolute Gasteiger partial charge is 0.618 e. The van der Waals surface area contributed by atoms with Gasteiger partial charge >= 0.3 is 0 Å². The third kappa shape index (κ3) is 2.08. The molecule has 0 saturated heterocycles.